The molecule has 3 nitrogen and oxygen atoms in total. The van der Waals surface area contributed by atoms with Gasteiger partial charge < -0.3 is 14.7 Å². The van der Waals surface area contributed by atoms with Crippen LogP contribution in [0.1, 0.15) is 65.2 Å². The van der Waals surface area contributed by atoms with Crippen LogP contribution in [-0.4, -0.2) is 17.8 Å². The Morgan fingerprint density at radius 1 is 1.11 bits per heavy atom. The lowest BCUT2D eigenvalue weighted by atomic mass is 9.77. The van der Waals surface area contributed by atoms with Crippen molar-refractivity contribution in [2.24, 2.45) is 0 Å². The Labute approximate surface area is 164 Å². The molecule has 0 spiro atoms. The molecule has 0 radical (unpaired) electrons. The molecule has 0 saturated carbocycles. The second-order valence-electron chi connectivity index (χ2n) is 9.68. The molecular weight excluding hydrogens is 334 g/mol. The molecule has 0 amide bonds. The predicted molar refractivity (Wildman–Crippen MR) is 114 cm³/mol. The van der Waals surface area contributed by atoms with Crippen LogP contribution in [0, 0.1) is 6.92 Å². The zero-order valence-electron chi connectivity index (χ0n) is 18.0. The van der Waals surface area contributed by atoms with Gasteiger partial charge in [-0.2, -0.15) is 0 Å². The monoisotopic (exact) mass is 367 g/mol. The molecule has 0 aliphatic carbocycles. The van der Waals surface area contributed by atoms with E-state index >= 15 is 0 Å². The van der Waals surface area contributed by atoms with Gasteiger partial charge in [0.1, 0.15) is 11.5 Å². The van der Waals surface area contributed by atoms with E-state index in [2.05, 4.69) is 66.4 Å². The minimum Gasteiger partial charge on any atom is -0.508 e. The van der Waals surface area contributed by atoms with Gasteiger partial charge in [-0.05, 0) is 62.1 Å². The molecular formula is C24H33NO2. The van der Waals surface area contributed by atoms with Crippen molar-refractivity contribution in [2.75, 3.05) is 11.5 Å². The summed E-state index contributed by atoms with van der Waals surface area (Å²) in [5.41, 5.74) is 6.14. The highest BCUT2D eigenvalue weighted by Gasteiger charge is 2.38. The molecule has 0 saturated heterocycles. The van der Waals surface area contributed by atoms with Crippen LogP contribution < -0.4 is 9.64 Å². The first kappa shape index (κ1) is 19.6. The number of hydrogen-bond donors (Lipinski definition) is 1. The summed E-state index contributed by atoms with van der Waals surface area (Å²) in [4.78, 5) is 2.36. The molecule has 0 fully saturated rings. The number of hydrogen-bond acceptors (Lipinski definition) is 3. The smallest absolute Gasteiger partial charge is 0.127 e. The molecule has 0 bridgehead atoms. The maximum atomic E-state index is 9.71. The van der Waals surface area contributed by atoms with E-state index in [0.717, 1.165) is 18.0 Å². The maximum absolute atomic E-state index is 9.71. The van der Waals surface area contributed by atoms with E-state index in [4.69, 9.17) is 4.74 Å². The van der Waals surface area contributed by atoms with Crippen LogP contribution in [-0.2, 0) is 10.8 Å². The fourth-order valence-electron chi connectivity index (χ4n) is 4.21. The highest BCUT2D eigenvalue weighted by atomic mass is 16.5. The van der Waals surface area contributed by atoms with Gasteiger partial charge in [0.2, 0.25) is 0 Å². The fraction of sp³-hybridized carbons (Fsp3) is 0.500. The summed E-state index contributed by atoms with van der Waals surface area (Å²) in [6, 6.07) is 10.1. The van der Waals surface area contributed by atoms with Gasteiger partial charge in [-0.15, -0.1) is 0 Å². The topological polar surface area (TPSA) is 32.7 Å². The number of nitrogens with zero attached hydrogens (tertiary/aromatic N) is 1. The van der Waals surface area contributed by atoms with Gasteiger partial charge in [-0.25, -0.2) is 0 Å². The SMILES string of the molecule is Cc1c(N(c2ccc(O)cc2)C(C)C)cc2c(c1C(C)(C)C)OCC2(C)C. The molecule has 1 N–H and O–H groups in total. The molecule has 1 aliphatic rings. The molecule has 0 atom stereocenters. The van der Waals surface area contributed by atoms with Crippen molar-refractivity contribution in [1.82, 2.24) is 0 Å². The number of phenols is 1. The van der Waals surface area contributed by atoms with Crippen LogP contribution in [0.4, 0.5) is 11.4 Å². The second kappa shape index (κ2) is 6.47. The first-order chi connectivity index (χ1) is 12.4. The van der Waals surface area contributed by atoms with Crippen molar-refractivity contribution in [3.05, 3.63) is 47.0 Å². The Morgan fingerprint density at radius 3 is 2.22 bits per heavy atom. The second-order valence-corrected chi connectivity index (χ2v) is 9.68. The van der Waals surface area contributed by atoms with Gasteiger partial charge in [-0.3, -0.25) is 0 Å². The average Bonchev–Trinajstić information content (AvgIpc) is 2.83. The Kier molecular flexibility index (Phi) is 4.70. The highest BCUT2D eigenvalue weighted by Crippen LogP contribution is 2.50. The Balaban J connectivity index is 2.30. The molecule has 3 rings (SSSR count). The molecule has 1 aliphatic heterocycles. The zero-order valence-corrected chi connectivity index (χ0v) is 18.0. The summed E-state index contributed by atoms with van der Waals surface area (Å²) in [6.45, 7) is 18.6. The van der Waals surface area contributed by atoms with Crippen molar-refractivity contribution >= 4 is 11.4 Å². The van der Waals surface area contributed by atoms with Gasteiger partial charge in [0.15, 0.2) is 0 Å². The van der Waals surface area contributed by atoms with Gasteiger partial charge in [0, 0.05) is 34.0 Å². The van der Waals surface area contributed by atoms with Crippen molar-refractivity contribution in [3.63, 3.8) is 0 Å². The summed E-state index contributed by atoms with van der Waals surface area (Å²) < 4.78 is 6.22. The minimum absolute atomic E-state index is 0.00457. The number of benzene rings is 2. The number of rotatable bonds is 3. The van der Waals surface area contributed by atoms with Gasteiger partial charge in [0.25, 0.3) is 0 Å². The third-order valence-electron chi connectivity index (χ3n) is 5.47. The lowest BCUT2D eigenvalue weighted by Crippen LogP contribution is -2.28. The maximum Gasteiger partial charge on any atom is 0.127 e. The van der Waals surface area contributed by atoms with Gasteiger partial charge >= 0.3 is 0 Å². The largest absolute Gasteiger partial charge is 0.508 e. The minimum atomic E-state index is -0.0117. The highest BCUT2D eigenvalue weighted by molar-refractivity contribution is 5.74. The predicted octanol–water partition coefficient (Wildman–Crippen LogP) is 6.21. The number of aromatic hydroxyl groups is 1. The van der Waals surface area contributed by atoms with E-state index in [1.807, 2.05) is 12.1 Å². The van der Waals surface area contributed by atoms with Crippen LogP contribution in [0.5, 0.6) is 11.5 Å². The first-order valence-corrected chi connectivity index (χ1v) is 9.83. The molecule has 146 valence electrons. The van der Waals surface area contributed by atoms with Crippen LogP contribution in [0.3, 0.4) is 0 Å². The summed E-state index contributed by atoms with van der Waals surface area (Å²) in [5.74, 6) is 1.36. The molecule has 2 aromatic rings. The van der Waals surface area contributed by atoms with E-state index in [-0.39, 0.29) is 22.6 Å². The Bertz CT molecular complexity index is 842. The van der Waals surface area contributed by atoms with Crippen molar-refractivity contribution < 1.29 is 9.84 Å². The summed E-state index contributed by atoms with van der Waals surface area (Å²) in [6.07, 6.45) is 0. The standard InChI is InChI=1S/C24H33NO2/c1-15(2)25(17-9-11-18(26)12-10-17)20-13-19-22(27-14-24(19,7)8)21(16(20)3)23(4,5)6/h9-13,15,26H,14H2,1-8H3. The average molecular weight is 368 g/mol. The third kappa shape index (κ3) is 3.40. The number of phenolic OH excluding ortho intramolecular Hbond substituents is 1. The quantitative estimate of drug-likeness (QED) is 0.699. The number of ether oxygens (including phenoxy) is 1. The van der Waals surface area contributed by atoms with E-state index in [1.54, 1.807) is 12.1 Å². The fourth-order valence-corrected chi connectivity index (χ4v) is 4.21. The molecule has 0 unspecified atom stereocenters. The summed E-state index contributed by atoms with van der Waals surface area (Å²) >= 11 is 0. The summed E-state index contributed by atoms with van der Waals surface area (Å²) in [7, 11) is 0. The van der Waals surface area contributed by atoms with Crippen LogP contribution in [0.25, 0.3) is 0 Å². The normalized spacial score (nSPS) is 15.6. The van der Waals surface area contributed by atoms with Crippen LogP contribution in [0.15, 0.2) is 30.3 Å². The number of fused-ring (bicyclic) bond motifs is 1. The molecule has 1 heterocycles. The summed E-state index contributed by atoms with van der Waals surface area (Å²) in [5, 5.41) is 9.71. The molecule has 27 heavy (non-hydrogen) atoms. The Hall–Kier alpha value is -2.16. The molecule has 0 aromatic heterocycles. The first-order valence-electron chi connectivity index (χ1n) is 9.83. The van der Waals surface area contributed by atoms with Gasteiger partial charge in [0.05, 0.1) is 6.61 Å². The van der Waals surface area contributed by atoms with Crippen molar-refractivity contribution in [1.29, 1.82) is 0 Å². The van der Waals surface area contributed by atoms with Crippen LogP contribution in [0.2, 0.25) is 0 Å². The van der Waals surface area contributed by atoms with E-state index < -0.39 is 0 Å². The zero-order chi connectivity index (χ0) is 20.1. The number of anilines is 2. The molecule has 3 heteroatoms. The van der Waals surface area contributed by atoms with Gasteiger partial charge in [-0.1, -0.05) is 34.6 Å². The Morgan fingerprint density at radius 2 is 1.70 bits per heavy atom. The van der Waals surface area contributed by atoms with E-state index in [1.165, 1.54) is 22.4 Å². The van der Waals surface area contributed by atoms with Crippen molar-refractivity contribution in [3.8, 4) is 11.5 Å². The van der Waals surface area contributed by atoms with E-state index in [9.17, 15) is 5.11 Å². The van der Waals surface area contributed by atoms with Crippen LogP contribution >= 0.6 is 0 Å². The lowest BCUT2D eigenvalue weighted by Gasteiger charge is -2.35. The lowest BCUT2D eigenvalue weighted by molar-refractivity contribution is 0.286. The van der Waals surface area contributed by atoms with Crippen molar-refractivity contribution in [2.45, 2.75) is 72.3 Å². The molecule has 2 aromatic carbocycles. The van der Waals surface area contributed by atoms with E-state index in [0.29, 0.717) is 0 Å². The third-order valence-corrected chi connectivity index (χ3v) is 5.47.